The molecule has 152 valence electrons. The highest BCUT2D eigenvalue weighted by molar-refractivity contribution is 8.00. The molecule has 0 spiro atoms. The number of aromatic nitrogens is 3. The molecule has 0 aliphatic heterocycles. The van der Waals surface area contributed by atoms with Gasteiger partial charge in [-0.1, -0.05) is 55.1 Å². The molecule has 0 unspecified atom stereocenters. The fraction of sp³-hybridized carbons (Fsp3) is 0.250. The van der Waals surface area contributed by atoms with Gasteiger partial charge in [0.25, 0.3) is 0 Å². The largest absolute Gasteiger partial charge is 0.433 e. The van der Waals surface area contributed by atoms with Crippen molar-refractivity contribution in [1.82, 2.24) is 15.2 Å². The number of H-pyrrole nitrogens is 1. The number of hydrogen-bond donors (Lipinski definition) is 2. The molecule has 0 saturated carbocycles. The van der Waals surface area contributed by atoms with E-state index in [4.69, 9.17) is 0 Å². The summed E-state index contributed by atoms with van der Waals surface area (Å²) in [6.07, 6.45) is 0.954. The second-order valence-electron chi connectivity index (χ2n) is 6.14. The number of hydrogen-bond acceptors (Lipinski definition) is 5. The van der Waals surface area contributed by atoms with Crippen LogP contribution in [0.2, 0.25) is 0 Å². The number of nitrogens with zero attached hydrogens (tertiary/aromatic N) is 2. The normalized spacial score (nSPS) is 12.0. The van der Waals surface area contributed by atoms with Crippen LogP contribution in [0.4, 0.5) is 14.5 Å². The van der Waals surface area contributed by atoms with Crippen LogP contribution in [0.3, 0.4) is 0 Å². The Kier molecular flexibility index (Phi) is 6.82. The van der Waals surface area contributed by atoms with Crippen LogP contribution in [-0.2, 0) is 11.2 Å². The third-order valence-electron chi connectivity index (χ3n) is 4.11. The molecular formula is C20H20F2N4O2S. The lowest BCUT2D eigenvalue weighted by molar-refractivity contribution is -0.115. The van der Waals surface area contributed by atoms with Gasteiger partial charge < -0.3 is 10.1 Å². The second-order valence-corrected chi connectivity index (χ2v) is 7.45. The maximum atomic E-state index is 12.5. The summed E-state index contributed by atoms with van der Waals surface area (Å²) in [6.45, 7) is 0.795. The van der Waals surface area contributed by atoms with Gasteiger partial charge in [0.2, 0.25) is 11.1 Å². The van der Waals surface area contributed by atoms with Crippen molar-refractivity contribution < 1.29 is 18.3 Å². The number of amides is 1. The molecule has 0 aliphatic carbocycles. The Morgan fingerprint density at radius 3 is 2.62 bits per heavy atom. The first-order valence-corrected chi connectivity index (χ1v) is 9.87. The lowest BCUT2D eigenvalue weighted by Gasteiger charge is -2.14. The molecule has 1 atom stereocenters. The van der Waals surface area contributed by atoms with Gasteiger partial charge in [-0.25, -0.2) is 4.98 Å². The minimum absolute atomic E-state index is 0.0937. The summed E-state index contributed by atoms with van der Waals surface area (Å²) in [4.78, 5) is 16.9. The number of alkyl halides is 2. The minimum atomic E-state index is -2.97. The molecule has 2 N–H and O–H groups in total. The first-order chi connectivity index (χ1) is 14.0. The van der Waals surface area contributed by atoms with E-state index < -0.39 is 11.9 Å². The first-order valence-electron chi connectivity index (χ1n) is 8.99. The molecular weight excluding hydrogens is 398 g/mol. The molecule has 1 amide bonds. The highest BCUT2D eigenvalue weighted by Crippen LogP contribution is 2.28. The second kappa shape index (κ2) is 9.51. The molecule has 0 radical (unpaired) electrons. The number of aryl methyl sites for hydroxylation is 1. The summed E-state index contributed by atoms with van der Waals surface area (Å²) in [6, 6.07) is 14.0. The third-order valence-corrected chi connectivity index (χ3v) is 5.07. The highest BCUT2D eigenvalue weighted by Gasteiger charge is 2.19. The Hall–Kier alpha value is -2.94. The van der Waals surface area contributed by atoms with Crippen molar-refractivity contribution >= 4 is 23.4 Å². The smallest absolute Gasteiger partial charge is 0.387 e. The average molecular weight is 418 g/mol. The van der Waals surface area contributed by atoms with Crippen LogP contribution in [0, 0.1) is 0 Å². The zero-order chi connectivity index (χ0) is 20.8. The standard InChI is InChI=1S/C20H20F2N4O2S/c1-3-13-8-10-14(11-9-13)17-24-20(26-25-17)29-12(2)18(27)23-15-6-4-5-7-16(15)28-19(21)22/h4-12,19H,3H2,1-2H3,(H,23,27)(H,24,25,26)/t12-/m1/s1. The Balaban J connectivity index is 1.64. The van der Waals surface area contributed by atoms with Gasteiger partial charge >= 0.3 is 6.61 Å². The van der Waals surface area contributed by atoms with Crippen molar-refractivity contribution in [3.63, 3.8) is 0 Å². The Morgan fingerprint density at radius 1 is 1.21 bits per heavy atom. The number of thioether (sulfide) groups is 1. The SMILES string of the molecule is CCc1ccc(-c2nc(S[C@H](C)C(=O)Nc3ccccc3OC(F)F)n[nH]2)cc1. The van der Waals surface area contributed by atoms with Gasteiger partial charge in [0.05, 0.1) is 10.9 Å². The zero-order valence-electron chi connectivity index (χ0n) is 15.9. The van der Waals surface area contributed by atoms with E-state index in [1.54, 1.807) is 19.1 Å². The highest BCUT2D eigenvalue weighted by atomic mass is 32.2. The monoisotopic (exact) mass is 418 g/mol. The topological polar surface area (TPSA) is 79.9 Å². The maximum absolute atomic E-state index is 12.5. The average Bonchev–Trinajstić information content (AvgIpc) is 3.17. The summed E-state index contributed by atoms with van der Waals surface area (Å²) >= 11 is 1.16. The molecule has 1 heterocycles. The predicted octanol–water partition coefficient (Wildman–Crippen LogP) is 4.75. The molecule has 6 nitrogen and oxygen atoms in total. The van der Waals surface area contributed by atoms with Crippen LogP contribution in [-0.4, -0.2) is 32.9 Å². The van der Waals surface area contributed by atoms with E-state index in [0.29, 0.717) is 11.0 Å². The van der Waals surface area contributed by atoms with E-state index >= 15 is 0 Å². The van der Waals surface area contributed by atoms with E-state index in [9.17, 15) is 13.6 Å². The van der Waals surface area contributed by atoms with Crippen LogP contribution < -0.4 is 10.1 Å². The summed E-state index contributed by atoms with van der Waals surface area (Å²) in [5.74, 6) is 0.140. The van der Waals surface area contributed by atoms with Crippen molar-refractivity contribution in [3.05, 3.63) is 54.1 Å². The quantitative estimate of drug-likeness (QED) is 0.516. The molecule has 3 rings (SSSR count). The molecule has 9 heteroatoms. The molecule has 2 aromatic carbocycles. The van der Waals surface area contributed by atoms with Gasteiger partial charge in [-0.3, -0.25) is 9.89 Å². The number of para-hydroxylation sites is 2. The van der Waals surface area contributed by atoms with Crippen molar-refractivity contribution in [1.29, 1.82) is 0 Å². The van der Waals surface area contributed by atoms with E-state index in [2.05, 4.69) is 32.2 Å². The van der Waals surface area contributed by atoms with E-state index in [0.717, 1.165) is 23.7 Å². The number of benzene rings is 2. The molecule has 3 aromatic rings. The van der Waals surface area contributed by atoms with Crippen molar-refractivity contribution in [2.45, 2.75) is 37.3 Å². The number of halogens is 2. The van der Waals surface area contributed by atoms with E-state index in [1.165, 1.54) is 17.7 Å². The molecule has 29 heavy (non-hydrogen) atoms. The van der Waals surface area contributed by atoms with Gasteiger partial charge in [-0.2, -0.15) is 8.78 Å². The van der Waals surface area contributed by atoms with E-state index in [-0.39, 0.29) is 17.3 Å². The zero-order valence-corrected chi connectivity index (χ0v) is 16.7. The molecule has 0 aliphatic rings. The lowest BCUT2D eigenvalue weighted by atomic mass is 10.1. The maximum Gasteiger partial charge on any atom is 0.387 e. The van der Waals surface area contributed by atoms with Gasteiger partial charge in [-0.15, -0.1) is 5.10 Å². The number of carbonyl (C=O) groups is 1. The van der Waals surface area contributed by atoms with E-state index in [1.807, 2.05) is 24.3 Å². The minimum Gasteiger partial charge on any atom is -0.433 e. The predicted molar refractivity (Wildman–Crippen MR) is 108 cm³/mol. The molecule has 0 saturated heterocycles. The van der Waals surface area contributed by atoms with Crippen LogP contribution >= 0.6 is 11.8 Å². The fourth-order valence-corrected chi connectivity index (χ4v) is 3.27. The molecule has 0 bridgehead atoms. The number of nitrogens with one attached hydrogen (secondary N) is 2. The fourth-order valence-electron chi connectivity index (χ4n) is 2.54. The number of ether oxygens (including phenoxy) is 1. The summed E-state index contributed by atoms with van der Waals surface area (Å²) in [5, 5.41) is 9.48. The van der Waals surface area contributed by atoms with Gasteiger partial charge in [-0.05, 0) is 31.0 Å². The van der Waals surface area contributed by atoms with Crippen LogP contribution in [0.5, 0.6) is 5.75 Å². The Labute approximate surface area is 171 Å². The summed E-state index contributed by atoms with van der Waals surface area (Å²) in [5.41, 5.74) is 2.30. The first kappa shape index (κ1) is 20.8. The van der Waals surface area contributed by atoms with Crippen LogP contribution in [0.25, 0.3) is 11.4 Å². The third kappa shape index (κ3) is 5.54. The number of anilines is 1. The molecule has 1 aromatic heterocycles. The van der Waals surface area contributed by atoms with Crippen molar-refractivity contribution in [2.75, 3.05) is 5.32 Å². The van der Waals surface area contributed by atoms with Gasteiger partial charge in [0.15, 0.2) is 5.82 Å². The Bertz CT molecular complexity index is 963. The van der Waals surface area contributed by atoms with Crippen LogP contribution in [0.15, 0.2) is 53.7 Å². The Morgan fingerprint density at radius 2 is 1.93 bits per heavy atom. The number of rotatable bonds is 8. The van der Waals surface area contributed by atoms with Crippen molar-refractivity contribution in [3.8, 4) is 17.1 Å². The number of carbonyl (C=O) groups excluding carboxylic acids is 1. The van der Waals surface area contributed by atoms with Crippen LogP contribution in [0.1, 0.15) is 19.4 Å². The molecule has 0 fully saturated rings. The lowest BCUT2D eigenvalue weighted by Crippen LogP contribution is -2.23. The summed E-state index contributed by atoms with van der Waals surface area (Å²) in [7, 11) is 0. The van der Waals surface area contributed by atoms with Gasteiger partial charge in [0.1, 0.15) is 5.75 Å². The number of aromatic amines is 1. The summed E-state index contributed by atoms with van der Waals surface area (Å²) < 4.78 is 29.4. The van der Waals surface area contributed by atoms with Gasteiger partial charge in [0, 0.05) is 5.56 Å². The van der Waals surface area contributed by atoms with Crippen molar-refractivity contribution in [2.24, 2.45) is 0 Å².